The van der Waals surface area contributed by atoms with Crippen molar-refractivity contribution in [2.45, 2.75) is 31.7 Å². The Morgan fingerprint density at radius 1 is 1.26 bits per heavy atom. The molecule has 0 spiro atoms. The number of hydrogen-bond acceptors (Lipinski definition) is 5. The number of benzene rings is 2. The Kier molecular flexibility index (Phi) is 7.59. The van der Waals surface area contributed by atoms with Crippen LogP contribution in [0.1, 0.15) is 37.3 Å². The van der Waals surface area contributed by atoms with E-state index >= 15 is 0 Å². The standard InChI is InChI=1S/C22H25ClN4O4/c23-18-10-9-17(13-19(18)27(30)31)25-22(29)21(16-6-2-1-3-7-16)26-12-4-5-15(14-26)8-11-20(24)28/h1-3,6-7,9-10,13,15,21H,4-5,8,11-12,14H2,(H2,24,28)(H,25,29). The zero-order valence-corrected chi connectivity index (χ0v) is 17.8. The summed E-state index contributed by atoms with van der Waals surface area (Å²) in [4.78, 5) is 37.2. The Hall–Kier alpha value is -2.97. The molecule has 1 aliphatic heterocycles. The number of piperidine rings is 1. The maximum Gasteiger partial charge on any atom is 0.289 e. The average Bonchev–Trinajstić information content (AvgIpc) is 2.75. The highest BCUT2D eigenvalue weighted by molar-refractivity contribution is 6.32. The van der Waals surface area contributed by atoms with E-state index in [-0.39, 0.29) is 28.4 Å². The second kappa shape index (κ2) is 10.4. The fourth-order valence-electron chi connectivity index (χ4n) is 4.02. The molecule has 0 aliphatic carbocycles. The van der Waals surface area contributed by atoms with Crippen LogP contribution >= 0.6 is 11.6 Å². The summed E-state index contributed by atoms with van der Waals surface area (Å²) in [7, 11) is 0. The molecule has 31 heavy (non-hydrogen) atoms. The van der Waals surface area contributed by atoms with Gasteiger partial charge in [0.05, 0.1) is 4.92 Å². The molecular formula is C22H25ClN4O4. The van der Waals surface area contributed by atoms with Crippen LogP contribution in [0.4, 0.5) is 11.4 Å². The lowest BCUT2D eigenvalue weighted by molar-refractivity contribution is -0.384. The van der Waals surface area contributed by atoms with Crippen molar-refractivity contribution in [3.63, 3.8) is 0 Å². The van der Waals surface area contributed by atoms with Crippen LogP contribution in [-0.2, 0) is 9.59 Å². The molecule has 2 amide bonds. The Morgan fingerprint density at radius 2 is 2.00 bits per heavy atom. The Labute approximate surface area is 185 Å². The number of amides is 2. The smallest absolute Gasteiger partial charge is 0.289 e. The molecule has 2 aromatic carbocycles. The van der Waals surface area contributed by atoms with Crippen LogP contribution in [-0.4, -0.2) is 34.7 Å². The van der Waals surface area contributed by atoms with E-state index in [4.69, 9.17) is 17.3 Å². The number of rotatable bonds is 8. The number of nitrogens with two attached hydrogens (primary N) is 1. The number of nitrogens with zero attached hydrogens (tertiary/aromatic N) is 2. The molecule has 9 heteroatoms. The zero-order chi connectivity index (χ0) is 22.4. The van der Waals surface area contributed by atoms with Crippen molar-refractivity contribution >= 4 is 34.8 Å². The van der Waals surface area contributed by atoms with Crippen molar-refractivity contribution < 1.29 is 14.5 Å². The van der Waals surface area contributed by atoms with Crippen LogP contribution in [0, 0.1) is 16.0 Å². The van der Waals surface area contributed by atoms with E-state index < -0.39 is 11.0 Å². The molecular weight excluding hydrogens is 420 g/mol. The first kappa shape index (κ1) is 22.7. The third-order valence-corrected chi connectivity index (χ3v) is 5.81. The monoisotopic (exact) mass is 444 g/mol. The van der Waals surface area contributed by atoms with E-state index in [2.05, 4.69) is 10.2 Å². The molecule has 2 aromatic rings. The van der Waals surface area contributed by atoms with E-state index in [1.165, 1.54) is 12.1 Å². The van der Waals surface area contributed by atoms with Crippen LogP contribution in [0.3, 0.4) is 0 Å². The first-order valence-corrected chi connectivity index (χ1v) is 10.5. The van der Waals surface area contributed by atoms with Crippen LogP contribution in [0.5, 0.6) is 0 Å². The van der Waals surface area contributed by atoms with Crippen LogP contribution < -0.4 is 11.1 Å². The summed E-state index contributed by atoms with van der Waals surface area (Å²) in [5.74, 6) is -0.325. The third kappa shape index (κ3) is 6.02. The number of hydrogen-bond donors (Lipinski definition) is 2. The van der Waals surface area contributed by atoms with Crippen molar-refractivity contribution in [3.8, 4) is 0 Å². The van der Waals surface area contributed by atoms with Crippen molar-refractivity contribution in [1.82, 2.24) is 4.90 Å². The molecule has 164 valence electrons. The van der Waals surface area contributed by atoms with Gasteiger partial charge in [-0.2, -0.15) is 0 Å². The predicted octanol–water partition coefficient (Wildman–Crippen LogP) is 3.91. The lowest BCUT2D eigenvalue weighted by Crippen LogP contribution is -2.43. The summed E-state index contributed by atoms with van der Waals surface area (Å²) in [5.41, 5.74) is 6.18. The number of halogens is 1. The van der Waals surface area contributed by atoms with Gasteiger partial charge in [-0.1, -0.05) is 41.9 Å². The highest BCUT2D eigenvalue weighted by Crippen LogP contribution is 2.31. The van der Waals surface area contributed by atoms with Gasteiger partial charge in [-0.05, 0) is 49.4 Å². The van der Waals surface area contributed by atoms with E-state index in [1.807, 2.05) is 30.3 Å². The Bertz CT molecular complexity index is 954. The fraction of sp³-hybridized carbons (Fsp3) is 0.364. The molecule has 2 atom stereocenters. The number of carbonyl (C=O) groups excluding carboxylic acids is 2. The number of likely N-dealkylation sites (tertiary alicyclic amines) is 1. The highest BCUT2D eigenvalue weighted by atomic mass is 35.5. The number of nitro groups is 1. The fourth-order valence-corrected chi connectivity index (χ4v) is 4.20. The van der Waals surface area contributed by atoms with Gasteiger partial charge in [0.15, 0.2) is 0 Å². The SMILES string of the molecule is NC(=O)CCC1CCCN(C(C(=O)Nc2ccc(Cl)c([N+](=O)[O-])c2)c2ccccc2)C1. The largest absolute Gasteiger partial charge is 0.370 e. The first-order valence-electron chi connectivity index (χ1n) is 10.2. The highest BCUT2D eigenvalue weighted by Gasteiger charge is 2.32. The predicted molar refractivity (Wildman–Crippen MR) is 119 cm³/mol. The second-order valence-electron chi connectivity index (χ2n) is 7.73. The number of nitrogens with one attached hydrogen (secondary N) is 1. The Balaban J connectivity index is 1.82. The van der Waals surface area contributed by atoms with Crippen LogP contribution in [0.15, 0.2) is 48.5 Å². The molecule has 1 saturated heterocycles. The van der Waals surface area contributed by atoms with E-state index in [9.17, 15) is 19.7 Å². The number of primary amides is 1. The average molecular weight is 445 g/mol. The second-order valence-corrected chi connectivity index (χ2v) is 8.14. The minimum Gasteiger partial charge on any atom is -0.370 e. The minimum atomic E-state index is -0.583. The van der Waals surface area contributed by atoms with Gasteiger partial charge in [-0.15, -0.1) is 0 Å². The van der Waals surface area contributed by atoms with E-state index in [0.717, 1.165) is 24.9 Å². The van der Waals surface area contributed by atoms with Gasteiger partial charge in [0.25, 0.3) is 5.69 Å². The molecule has 0 radical (unpaired) electrons. The minimum absolute atomic E-state index is 0.0101. The molecule has 1 heterocycles. The molecule has 1 fully saturated rings. The lowest BCUT2D eigenvalue weighted by atomic mass is 9.91. The first-order chi connectivity index (χ1) is 14.8. The van der Waals surface area contributed by atoms with Crippen LogP contribution in [0.2, 0.25) is 5.02 Å². The van der Waals surface area contributed by atoms with Crippen molar-refractivity contribution in [2.75, 3.05) is 18.4 Å². The summed E-state index contributed by atoms with van der Waals surface area (Å²) in [6, 6.07) is 13.0. The third-order valence-electron chi connectivity index (χ3n) is 5.49. The maximum atomic E-state index is 13.3. The molecule has 3 rings (SSSR count). The summed E-state index contributed by atoms with van der Waals surface area (Å²) < 4.78 is 0. The van der Waals surface area contributed by atoms with Gasteiger partial charge in [0.2, 0.25) is 11.8 Å². The van der Waals surface area contributed by atoms with Crippen molar-refractivity contribution in [1.29, 1.82) is 0 Å². The van der Waals surface area contributed by atoms with Crippen molar-refractivity contribution in [3.05, 3.63) is 69.2 Å². The molecule has 3 N–H and O–H groups in total. The zero-order valence-electron chi connectivity index (χ0n) is 17.0. The quantitative estimate of drug-likeness (QED) is 0.472. The van der Waals surface area contributed by atoms with Crippen LogP contribution in [0.25, 0.3) is 0 Å². The molecule has 0 bridgehead atoms. The molecule has 0 saturated carbocycles. The summed E-state index contributed by atoms with van der Waals surface area (Å²) in [5, 5.41) is 14.0. The van der Waals surface area contributed by atoms with Gasteiger partial charge in [-0.3, -0.25) is 24.6 Å². The van der Waals surface area contributed by atoms with Gasteiger partial charge >= 0.3 is 0 Å². The lowest BCUT2D eigenvalue weighted by Gasteiger charge is -2.37. The number of carbonyl (C=O) groups is 2. The van der Waals surface area contributed by atoms with Crippen molar-refractivity contribution in [2.24, 2.45) is 11.7 Å². The molecule has 1 aliphatic rings. The van der Waals surface area contributed by atoms with E-state index in [0.29, 0.717) is 25.1 Å². The Morgan fingerprint density at radius 3 is 2.68 bits per heavy atom. The van der Waals surface area contributed by atoms with Gasteiger partial charge in [0.1, 0.15) is 11.1 Å². The van der Waals surface area contributed by atoms with Gasteiger partial charge < -0.3 is 11.1 Å². The normalized spacial score (nSPS) is 17.6. The van der Waals surface area contributed by atoms with E-state index in [1.54, 1.807) is 6.07 Å². The summed E-state index contributed by atoms with van der Waals surface area (Å²) in [6.07, 6.45) is 2.91. The topological polar surface area (TPSA) is 119 Å². The van der Waals surface area contributed by atoms with Gasteiger partial charge in [0, 0.05) is 24.7 Å². The molecule has 2 unspecified atom stereocenters. The van der Waals surface area contributed by atoms with Gasteiger partial charge in [-0.25, -0.2) is 0 Å². The number of anilines is 1. The summed E-state index contributed by atoms with van der Waals surface area (Å²) in [6.45, 7) is 1.40. The maximum absolute atomic E-state index is 13.3. The molecule has 0 aromatic heterocycles. The molecule has 8 nitrogen and oxygen atoms in total. The number of nitro benzene ring substituents is 1. The summed E-state index contributed by atoms with van der Waals surface area (Å²) >= 11 is 5.88.